The molecule has 1 aromatic heterocycles. The average Bonchev–Trinajstić information content (AvgIpc) is 2.91. The molecule has 3 rings (SSSR count). The summed E-state index contributed by atoms with van der Waals surface area (Å²) in [6, 6.07) is 4.71. The Bertz CT molecular complexity index is 412. The number of hydrogen-bond acceptors (Lipinski definition) is 4. The van der Waals surface area contributed by atoms with Crippen molar-refractivity contribution in [2.75, 3.05) is 29.9 Å². The molecule has 19 heavy (non-hydrogen) atoms. The molecule has 1 aromatic rings. The van der Waals surface area contributed by atoms with Crippen LogP contribution in [-0.2, 0) is 4.74 Å². The standard InChI is InChI=1S/C15H23N3O/c1-2-19-13-10-12(11-13)17-14-6-5-7-16-15(14)18-8-3-4-9-18/h5-7,12-13,17H,2-4,8-11H2,1H3. The van der Waals surface area contributed by atoms with E-state index in [1.165, 1.54) is 18.5 Å². The second-order valence-corrected chi connectivity index (χ2v) is 5.46. The van der Waals surface area contributed by atoms with Gasteiger partial charge in [-0.3, -0.25) is 0 Å². The normalized spacial score (nSPS) is 26.3. The van der Waals surface area contributed by atoms with Crippen LogP contribution in [0.2, 0.25) is 0 Å². The van der Waals surface area contributed by atoms with E-state index < -0.39 is 0 Å². The van der Waals surface area contributed by atoms with Gasteiger partial charge in [-0.2, -0.15) is 0 Å². The minimum atomic E-state index is 0.453. The molecule has 2 aliphatic rings. The molecule has 1 aliphatic heterocycles. The maximum atomic E-state index is 5.61. The highest BCUT2D eigenvalue weighted by molar-refractivity contribution is 5.66. The lowest BCUT2D eigenvalue weighted by Crippen LogP contribution is -2.41. The first-order valence-corrected chi connectivity index (χ1v) is 7.45. The Morgan fingerprint density at radius 1 is 1.37 bits per heavy atom. The van der Waals surface area contributed by atoms with Gasteiger partial charge in [0.25, 0.3) is 0 Å². The molecule has 0 radical (unpaired) electrons. The Morgan fingerprint density at radius 3 is 2.89 bits per heavy atom. The summed E-state index contributed by atoms with van der Waals surface area (Å²) in [4.78, 5) is 6.95. The zero-order valence-electron chi connectivity index (χ0n) is 11.6. The van der Waals surface area contributed by atoms with E-state index in [2.05, 4.69) is 28.2 Å². The van der Waals surface area contributed by atoms with Gasteiger partial charge in [-0.05, 0) is 44.7 Å². The topological polar surface area (TPSA) is 37.4 Å². The second-order valence-electron chi connectivity index (χ2n) is 5.46. The van der Waals surface area contributed by atoms with Gasteiger partial charge in [0.2, 0.25) is 0 Å². The third kappa shape index (κ3) is 2.84. The van der Waals surface area contributed by atoms with Crippen LogP contribution in [0, 0.1) is 0 Å². The summed E-state index contributed by atoms with van der Waals surface area (Å²) in [7, 11) is 0. The highest BCUT2D eigenvalue weighted by Gasteiger charge is 2.30. The van der Waals surface area contributed by atoms with Crippen molar-refractivity contribution in [1.29, 1.82) is 0 Å². The summed E-state index contributed by atoms with van der Waals surface area (Å²) in [6.07, 6.45) is 7.14. The monoisotopic (exact) mass is 261 g/mol. The lowest BCUT2D eigenvalue weighted by molar-refractivity contribution is 0.00299. The smallest absolute Gasteiger partial charge is 0.151 e. The molecule has 2 fully saturated rings. The molecule has 1 saturated carbocycles. The van der Waals surface area contributed by atoms with Gasteiger partial charge in [-0.15, -0.1) is 0 Å². The second kappa shape index (κ2) is 5.78. The fraction of sp³-hybridized carbons (Fsp3) is 0.667. The molecule has 0 atom stereocenters. The van der Waals surface area contributed by atoms with Gasteiger partial charge >= 0.3 is 0 Å². The van der Waals surface area contributed by atoms with Crippen LogP contribution in [0.3, 0.4) is 0 Å². The number of aromatic nitrogens is 1. The van der Waals surface area contributed by atoms with Crippen molar-refractivity contribution in [3.05, 3.63) is 18.3 Å². The Labute approximate surface area is 115 Å². The van der Waals surface area contributed by atoms with Crippen LogP contribution in [-0.4, -0.2) is 36.8 Å². The highest BCUT2D eigenvalue weighted by atomic mass is 16.5. The lowest BCUT2D eigenvalue weighted by Gasteiger charge is -2.36. The van der Waals surface area contributed by atoms with Crippen LogP contribution < -0.4 is 10.2 Å². The first-order valence-electron chi connectivity index (χ1n) is 7.45. The molecule has 0 spiro atoms. The predicted molar refractivity (Wildman–Crippen MR) is 77.7 cm³/mol. The van der Waals surface area contributed by atoms with Gasteiger partial charge in [0, 0.05) is 31.9 Å². The molecule has 0 amide bonds. The first-order chi connectivity index (χ1) is 9.36. The van der Waals surface area contributed by atoms with E-state index in [9.17, 15) is 0 Å². The average molecular weight is 261 g/mol. The van der Waals surface area contributed by atoms with Gasteiger partial charge in [-0.1, -0.05) is 0 Å². The van der Waals surface area contributed by atoms with E-state index in [-0.39, 0.29) is 0 Å². The van der Waals surface area contributed by atoms with E-state index in [4.69, 9.17) is 4.74 Å². The maximum absolute atomic E-state index is 5.61. The highest BCUT2D eigenvalue weighted by Crippen LogP contribution is 2.31. The fourth-order valence-electron chi connectivity index (χ4n) is 2.97. The van der Waals surface area contributed by atoms with Crippen molar-refractivity contribution in [3.8, 4) is 0 Å². The van der Waals surface area contributed by atoms with E-state index in [0.717, 1.165) is 38.4 Å². The molecule has 0 unspecified atom stereocenters. The van der Waals surface area contributed by atoms with Crippen molar-refractivity contribution in [3.63, 3.8) is 0 Å². The molecule has 4 heteroatoms. The Hall–Kier alpha value is -1.29. The minimum absolute atomic E-state index is 0.453. The molecule has 104 valence electrons. The van der Waals surface area contributed by atoms with Gasteiger partial charge in [0.15, 0.2) is 5.82 Å². The van der Waals surface area contributed by atoms with Crippen molar-refractivity contribution in [2.45, 2.75) is 44.8 Å². The van der Waals surface area contributed by atoms with Crippen molar-refractivity contribution in [2.24, 2.45) is 0 Å². The Balaban J connectivity index is 1.61. The summed E-state index contributed by atoms with van der Waals surface area (Å²) in [5, 5.41) is 3.63. The summed E-state index contributed by atoms with van der Waals surface area (Å²) in [5.41, 5.74) is 1.18. The summed E-state index contributed by atoms with van der Waals surface area (Å²) in [5.74, 6) is 1.12. The number of ether oxygens (including phenoxy) is 1. The van der Waals surface area contributed by atoms with Gasteiger partial charge in [0.1, 0.15) is 0 Å². The van der Waals surface area contributed by atoms with Crippen LogP contribution in [0.1, 0.15) is 32.6 Å². The number of anilines is 2. The molecule has 1 N–H and O–H groups in total. The molecular formula is C15H23N3O. The van der Waals surface area contributed by atoms with E-state index >= 15 is 0 Å². The quantitative estimate of drug-likeness (QED) is 0.884. The van der Waals surface area contributed by atoms with Crippen LogP contribution in [0.25, 0.3) is 0 Å². The van der Waals surface area contributed by atoms with Crippen molar-refractivity contribution < 1.29 is 4.74 Å². The lowest BCUT2D eigenvalue weighted by atomic mass is 9.89. The third-order valence-electron chi connectivity index (χ3n) is 4.05. The maximum Gasteiger partial charge on any atom is 0.151 e. The Morgan fingerprint density at radius 2 is 2.16 bits per heavy atom. The predicted octanol–water partition coefficient (Wildman–Crippen LogP) is 2.66. The van der Waals surface area contributed by atoms with Gasteiger partial charge in [-0.25, -0.2) is 4.98 Å². The molecular weight excluding hydrogens is 238 g/mol. The molecule has 0 aromatic carbocycles. The van der Waals surface area contributed by atoms with E-state index in [1.807, 2.05) is 12.3 Å². The molecule has 2 heterocycles. The van der Waals surface area contributed by atoms with E-state index in [0.29, 0.717) is 12.1 Å². The SMILES string of the molecule is CCOC1CC(Nc2cccnc2N2CCCC2)C1. The summed E-state index contributed by atoms with van der Waals surface area (Å²) in [6.45, 7) is 5.16. The molecule has 0 bridgehead atoms. The van der Waals surface area contributed by atoms with Crippen LogP contribution in [0.15, 0.2) is 18.3 Å². The summed E-state index contributed by atoms with van der Waals surface area (Å²) >= 11 is 0. The van der Waals surface area contributed by atoms with Gasteiger partial charge < -0.3 is 15.0 Å². The molecule has 4 nitrogen and oxygen atoms in total. The number of rotatable bonds is 5. The molecule has 1 aliphatic carbocycles. The first kappa shape index (κ1) is 12.7. The number of nitrogens with one attached hydrogen (secondary N) is 1. The number of pyridine rings is 1. The number of nitrogens with zero attached hydrogens (tertiary/aromatic N) is 2. The van der Waals surface area contributed by atoms with Crippen molar-refractivity contribution >= 4 is 11.5 Å². The van der Waals surface area contributed by atoms with Crippen molar-refractivity contribution in [1.82, 2.24) is 4.98 Å². The third-order valence-corrected chi connectivity index (χ3v) is 4.05. The Kier molecular flexibility index (Phi) is 3.87. The van der Waals surface area contributed by atoms with Gasteiger partial charge in [0.05, 0.1) is 11.8 Å². The zero-order valence-corrected chi connectivity index (χ0v) is 11.6. The minimum Gasteiger partial charge on any atom is -0.379 e. The fourth-order valence-corrected chi connectivity index (χ4v) is 2.97. The van der Waals surface area contributed by atoms with E-state index in [1.54, 1.807) is 0 Å². The zero-order chi connectivity index (χ0) is 13.1. The summed E-state index contributed by atoms with van der Waals surface area (Å²) < 4.78 is 5.61. The van der Waals surface area contributed by atoms with Crippen LogP contribution >= 0.6 is 0 Å². The van der Waals surface area contributed by atoms with Crippen LogP contribution in [0.4, 0.5) is 11.5 Å². The largest absolute Gasteiger partial charge is 0.379 e. The van der Waals surface area contributed by atoms with Crippen LogP contribution in [0.5, 0.6) is 0 Å². The number of hydrogen-bond donors (Lipinski definition) is 1. The molecule has 1 saturated heterocycles.